The van der Waals surface area contributed by atoms with E-state index < -0.39 is 22.2 Å². The Morgan fingerprint density at radius 2 is 1.65 bits per heavy atom. The SMILES string of the molecule is CCCOC(=O)NCCOC(=O)NS(=O)(=O)c1ccc(C)cc1. The van der Waals surface area contributed by atoms with Crippen molar-refractivity contribution >= 4 is 22.2 Å². The molecule has 1 rings (SSSR count). The standard InChI is InChI=1S/C14H20N2O6S/c1-3-9-21-13(17)15-8-10-22-14(18)16-23(19,20)12-6-4-11(2)5-7-12/h4-7H,3,8-10H2,1-2H3,(H,15,17)(H,16,18). The molecule has 2 amide bonds. The van der Waals surface area contributed by atoms with Crippen LogP contribution in [0, 0.1) is 6.92 Å². The van der Waals surface area contributed by atoms with Crippen molar-refractivity contribution in [1.82, 2.24) is 10.0 Å². The van der Waals surface area contributed by atoms with E-state index in [1.165, 1.54) is 12.1 Å². The van der Waals surface area contributed by atoms with Crippen LogP contribution in [-0.2, 0) is 19.5 Å². The summed E-state index contributed by atoms with van der Waals surface area (Å²) in [7, 11) is -3.98. The number of ether oxygens (including phenoxy) is 2. The summed E-state index contributed by atoms with van der Waals surface area (Å²) < 4.78 is 35.0. The molecule has 0 aromatic heterocycles. The molecule has 2 N–H and O–H groups in total. The normalized spacial score (nSPS) is 10.7. The predicted molar refractivity (Wildman–Crippen MR) is 82.5 cm³/mol. The van der Waals surface area contributed by atoms with Crippen LogP contribution in [-0.4, -0.2) is 40.4 Å². The number of benzene rings is 1. The van der Waals surface area contributed by atoms with Crippen LogP contribution in [0.1, 0.15) is 18.9 Å². The quantitative estimate of drug-likeness (QED) is 0.726. The van der Waals surface area contributed by atoms with E-state index in [1.807, 2.05) is 13.8 Å². The molecule has 9 heteroatoms. The van der Waals surface area contributed by atoms with Gasteiger partial charge in [0.2, 0.25) is 0 Å². The molecule has 0 saturated heterocycles. The van der Waals surface area contributed by atoms with Gasteiger partial charge in [-0.25, -0.2) is 22.7 Å². The van der Waals surface area contributed by atoms with Gasteiger partial charge in [-0.15, -0.1) is 0 Å². The summed E-state index contributed by atoms with van der Waals surface area (Å²) in [6, 6.07) is 6.00. The number of alkyl carbamates (subject to hydrolysis) is 1. The Bertz CT molecular complexity index is 627. The molecule has 1 aromatic rings. The van der Waals surface area contributed by atoms with Crippen LogP contribution in [0.15, 0.2) is 29.2 Å². The highest BCUT2D eigenvalue weighted by Crippen LogP contribution is 2.09. The third kappa shape index (κ3) is 7.00. The molecule has 1 aromatic carbocycles. The highest BCUT2D eigenvalue weighted by molar-refractivity contribution is 7.90. The van der Waals surface area contributed by atoms with Crippen LogP contribution in [0.4, 0.5) is 9.59 Å². The van der Waals surface area contributed by atoms with E-state index >= 15 is 0 Å². The van der Waals surface area contributed by atoms with Crippen LogP contribution in [0.5, 0.6) is 0 Å². The van der Waals surface area contributed by atoms with E-state index in [0.29, 0.717) is 13.0 Å². The number of carbonyl (C=O) groups excluding carboxylic acids is 2. The molecule has 0 bridgehead atoms. The minimum absolute atomic E-state index is 0.0144. The molecular weight excluding hydrogens is 324 g/mol. The average Bonchev–Trinajstić information content (AvgIpc) is 2.49. The third-order valence-corrected chi connectivity index (χ3v) is 3.92. The minimum atomic E-state index is -3.98. The second kappa shape index (κ2) is 8.99. The highest BCUT2D eigenvalue weighted by atomic mass is 32.2. The monoisotopic (exact) mass is 344 g/mol. The summed E-state index contributed by atoms with van der Waals surface area (Å²) in [6.07, 6.45) is -1.04. The van der Waals surface area contributed by atoms with E-state index in [0.717, 1.165) is 5.56 Å². The first-order valence-electron chi connectivity index (χ1n) is 7.02. The second-order valence-corrected chi connectivity index (χ2v) is 6.30. The van der Waals surface area contributed by atoms with E-state index in [2.05, 4.69) is 10.1 Å². The zero-order valence-corrected chi connectivity index (χ0v) is 13.8. The molecule has 0 atom stereocenters. The van der Waals surface area contributed by atoms with Gasteiger partial charge in [-0.1, -0.05) is 24.6 Å². The molecule has 0 unspecified atom stereocenters. The zero-order valence-electron chi connectivity index (χ0n) is 13.0. The molecule has 0 aliphatic carbocycles. The Morgan fingerprint density at radius 3 is 2.26 bits per heavy atom. The summed E-state index contributed by atoms with van der Waals surface area (Å²) in [5.41, 5.74) is 0.896. The smallest absolute Gasteiger partial charge is 0.421 e. The number of sulfonamides is 1. The Hall–Kier alpha value is -2.29. The molecule has 0 fully saturated rings. The van der Waals surface area contributed by atoms with Gasteiger partial charge in [0.1, 0.15) is 6.61 Å². The fourth-order valence-corrected chi connectivity index (χ4v) is 2.35. The topological polar surface area (TPSA) is 111 Å². The number of carbonyl (C=O) groups is 2. The van der Waals surface area contributed by atoms with Crippen LogP contribution in [0.2, 0.25) is 0 Å². The van der Waals surface area contributed by atoms with Gasteiger partial charge in [-0.05, 0) is 25.5 Å². The first kappa shape index (κ1) is 18.8. The van der Waals surface area contributed by atoms with Crippen molar-refractivity contribution in [3.63, 3.8) is 0 Å². The fraction of sp³-hybridized carbons (Fsp3) is 0.429. The Morgan fingerprint density at radius 1 is 1.04 bits per heavy atom. The van der Waals surface area contributed by atoms with E-state index in [1.54, 1.807) is 16.9 Å². The molecule has 0 heterocycles. The lowest BCUT2D eigenvalue weighted by atomic mass is 10.2. The molecule has 128 valence electrons. The Labute approximate surface area is 135 Å². The summed E-state index contributed by atoms with van der Waals surface area (Å²) in [4.78, 5) is 22.5. The van der Waals surface area contributed by atoms with Gasteiger partial charge in [0, 0.05) is 0 Å². The number of hydrogen-bond donors (Lipinski definition) is 2. The Kier molecular flexibility index (Phi) is 7.33. The zero-order chi connectivity index (χ0) is 17.3. The molecule has 0 aliphatic rings. The maximum Gasteiger partial charge on any atom is 0.421 e. The molecule has 0 aliphatic heterocycles. The summed E-state index contributed by atoms with van der Waals surface area (Å²) in [5, 5.41) is 2.36. The molecule has 0 radical (unpaired) electrons. The van der Waals surface area contributed by atoms with Crippen LogP contribution >= 0.6 is 0 Å². The highest BCUT2D eigenvalue weighted by Gasteiger charge is 2.18. The van der Waals surface area contributed by atoms with Crippen molar-refractivity contribution in [3.8, 4) is 0 Å². The van der Waals surface area contributed by atoms with Gasteiger partial charge in [-0.3, -0.25) is 0 Å². The number of hydrogen-bond acceptors (Lipinski definition) is 6. The third-order valence-electron chi connectivity index (χ3n) is 2.59. The van der Waals surface area contributed by atoms with Crippen molar-refractivity contribution in [3.05, 3.63) is 29.8 Å². The summed E-state index contributed by atoms with van der Waals surface area (Å²) in [6.45, 7) is 3.80. The Balaban J connectivity index is 2.36. The van der Waals surface area contributed by atoms with Gasteiger partial charge >= 0.3 is 12.2 Å². The van der Waals surface area contributed by atoms with Crippen molar-refractivity contribution < 1.29 is 27.5 Å². The van der Waals surface area contributed by atoms with Crippen molar-refractivity contribution in [2.45, 2.75) is 25.2 Å². The maximum absolute atomic E-state index is 11.9. The average molecular weight is 344 g/mol. The van der Waals surface area contributed by atoms with Crippen molar-refractivity contribution in [2.24, 2.45) is 0 Å². The molecule has 8 nitrogen and oxygen atoms in total. The first-order chi connectivity index (χ1) is 10.8. The summed E-state index contributed by atoms with van der Waals surface area (Å²) in [5.74, 6) is 0. The largest absolute Gasteiger partial charge is 0.450 e. The fourth-order valence-electron chi connectivity index (χ4n) is 1.46. The van der Waals surface area contributed by atoms with Crippen LogP contribution in [0.25, 0.3) is 0 Å². The van der Waals surface area contributed by atoms with Crippen molar-refractivity contribution in [1.29, 1.82) is 0 Å². The maximum atomic E-state index is 11.9. The molecule has 0 spiro atoms. The second-order valence-electron chi connectivity index (χ2n) is 4.62. The number of amides is 2. The van der Waals surface area contributed by atoms with Gasteiger partial charge in [-0.2, -0.15) is 0 Å². The molecular formula is C14H20N2O6S. The number of nitrogens with one attached hydrogen (secondary N) is 2. The number of aryl methyl sites for hydroxylation is 1. The van der Waals surface area contributed by atoms with E-state index in [9.17, 15) is 18.0 Å². The van der Waals surface area contributed by atoms with Gasteiger partial charge in [0.15, 0.2) is 0 Å². The summed E-state index contributed by atoms with van der Waals surface area (Å²) >= 11 is 0. The van der Waals surface area contributed by atoms with Crippen LogP contribution < -0.4 is 10.0 Å². The van der Waals surface area contributed by atoms with Crippen molar-refractivity contribution in [2.75, 3.05) is 19.8 Å². The van der Waals surface area contributed by atoms with Gasteiger partial charge in [0.25, 0.3) is 10.0 Å². The molecule has 0 saturated carbocycles. The van der Waals surface area contributed by atoms with Gasteiger partial charge < -0.3 is 14.8 Å². The first-order valence-corrected chi connectivity index (χ1v) is 8.50. The predicted octanol–water partition coefficient (Wildman–Crippen LogP) is 1.55. The lowest BCUT2D eigenvalue weighted by molar-refractivity contribution is 0.134. The lowest BCUT2D eigenvalue weighted by Crippen LogP contribution is -2.34. The van der Waals surface area contributed by atoms with Gasteiger partial charge in [0.05, 0.1) is 18.0 Å². The minimum Gasteiger partial charge on any atom is -0.450 e. The van der Waals surface area contributed by atoms with E-state index in [4.69, 9.17) is 4.74 Å². The number of rotatable bonds is 7. The van der Waals surface area contributed by atoms with Crippen LogP contribution in [0.3, 0.4) is 0 Å². The molecule has 23 heavy (non-hydrogen) atoms. The lowest BCUT2D eigenvalue weighted by Gasteiger charge is -2.09. The van der Waals surface area contributed by atoms with E-state index in [-0.39, 0.29) is 18.0 Å².